The fourth-order valence-electron chi connectivity index (χ4n) is 9.92. The lowest BCUT2D eigenvalue weighted by Gasteiger charge is -2.63. The number of hydrogen-bond donors (Lipinski definition) is 1. The van der Waals surface area contributed by atoms with Crippen LogP contribution < -0.4 is 0 Å². The van der Waals surface area contributed by atoms with Gasteiger partial charge in [0.15, 0.2) is 0 Å². The molecule has 0 bridgehead atoms. The van der Waals surface area contributed by atoms with Crippen LogP contribution in [0.3, 0.4) is 0 Å². The first kappa shape index (κ1) is 25.8. The molecule has 1 aliphatic heterocycles. The number of rotatable bonds is 8. The van der Waals surface area contributed by atoms with E-state index in [0.717, 1.165) is 55.9 Å². The van der Waals surface area contributed by atoms with Crippen molar-refractivity contribution in [2.24, 2.45) is 28.6 Å². The molecule has 4 saturated carbocycles. The normalized spacial score (nSPS) is 44.8. The summed E-state index contributed by atoms with van der Waals surface area (Å²) in [5.41, 5.74) is 1.20. The molecule has 1 saturated heterocycles. The van der Waals surface area contributed by atoms with Crippen molar-refractivity contribution in [1.82, 2.24) is 4.90 Å². The third kappa shape index (κ3) is 4.32. The van der Waals surface area contributed by atoms with Gasteiger partial charge in [0.2, 0.25) is 0 Å². The Morgan fingerprint density at radius 1 is 1.03 bits per heavy atom. The van der Waals surface area contributed by atoms with Gasteiger partial charge in [0.1, 0.15) is 0 Å². The SMILES string of the molecule is C[C@]12CCC(SCCOCCN3CCCC3)CC1CC[C@@H]1[C@H]2CC[C@]2(C)C(c3ccoc3)CC[C@@]12O. The van der Waals surface area contributed by atoms with E-state index in [1.54, 1.807) is 0 Å². The van der Waals surface area contributed by atoms with E-state index in [0.29, 0.717) is 23.2 Å². The highest BCUT2D eigenvalue weighted by molar-refractivity contribution is 7.99. The van der Waals surface area contributed by atoms with Gasteiger partial charge in [0, 0.05) is 23.0 Å². The van der Waals surface area contributed by atoms with E-state index in [1.165, 1.54) is 70.0 Å². The van der Waals surface area contributed by atoms with E-state index in [9.17, 15) is 5.11 Å². The Hall–Kier alpha value is -0.490. The van der Waals surface area contributed by atoms with Gasteiger partial charge >= 0.3 is 0 Å². The molecule has 1 aromatic heterocycles. The second-order valence-electron chi connectivity index (χ2n) is 13.4. The highest BCUT2D eigenvalue weighted by Gasteiger charge is 2.67. The largest absolute Gasteiger partial charge is 0.472 e. The van der Waals surface area contributed by atoms with Crippen LogP contribution >= 0.6 is 11.8 Å². The Kier molecular flexibility index (Phi) is 7.33. The number of likely N-dealkylation sites (tertiary alicyclic amines) is 1. The average Bonchev–Trinajstić information content (AvgIpc) is 3.62. The summed E-state index contributed by atoms with van der Waals surface area (Å²) in [4.78, 5) is 2.54. The molecule has 0 amide bonds. The summed E-state index contributed by atoms with van der Waals surface area (Å²) >= 11 is 2.18. The Balaban J connectivity index is 1.03. The van der Waals surface area contributed by atoms with Crippen LogP contribution in [0.4, 0.5) is 0 Å². The molecular weight excluding hydrogens is 466 g/mol. The maximum absolute atomic E-state index is 12.4. The van der Waals surface area contributed by atoms with Gasteiger partial charge in [0.05, 0.1) is 31.3 Å². The van der Waals surface area contributed by atoms with Crippen molar-refractivity contribution in [2.45, 2.75) is 101 Å². The molecule has 8 atom stereocenters. The summed E-state index contributed by atoms with van der Waals surface area (Å²) in [7, 11) is 0. The smallest absolute Gasteiger partial charge is 0.0937 e. The molecule has 202 valence electrons. The number of hydrogen-bond acceptors (Lipinski definition) is 5. The third-order valence-corrected chi connectivity index (χ3v) is 13.4. The minimum Gasteiger partial charge on any atom is -0.472 e. The van der Waals surface area contributed by atoms with Gasteiger partial charge in [-0.25, -0.2) is 0 Å². The molecule has 5 aliphatic rings. The molecule has 2 heterocycles. The summed E-state index contributed by atoms with van der Waals surface area (Å²) in [5.74, 6) is 3.59. The van der Waals surface area contributed by atoms with Crippen LogP contribution in [0, 0.1) is 28.6 Å². The minimum absolute atomic E-state index is 0.0108. The van der Waals surface area contributed by atoms with E-state index in [2.05, 4.69) is 36.6 Å². The molecule has 0 spiro atoms. The second-order valence-corrected chi connectivity index (χ2v) is 14.9. The predicted molar refractivity (Wildman–Crippen MR) is 147 cm³/mol. The molecule has 4 aliphatic carbocycles. The van der Waals surface area contributed by atoms with Crippen LogP contribution in [0.15, 0.2) is 23.0 Å². The standard InChI is InChI=1S/C31H49NO3S/c1-29-11-7-25(36-20-19-34-18-16-32-14-3-4-15-32)21-24(29)5-6-28-27(29)8-12-30(2)26(9-13-31(28,30)33)23-10-17-35-22-23/h10,17,22,24-28,33H,3-9,11-16,18-21H2,1-2H3/t24?,25?,26?,27-,28-,29+,30-,31-/m1/s1. The number of thioether (sulfide) groups is 1. The van der Waals surface area contributed by atoms with E-state index in [-0.39, 0.29) is 5.41 Å². The lowest BCUT2D eigenvalue weighted by atomic mass is 9.43. The first-order valence-electron chi connectivity index (χ1n) is 15.1. The molecule has 5 fully saturated rings. The number of nitrogens with zero attached hydrogens (tertiary/aromatic N) is 1. The first-order valence-corrected chi connectivity index (χ1v) is 16.1. The summed E-state index contributed by atoms with van der Waals surface area (Å²) in [6.07, 6.45) is 17.6. The van der Waals surface area contributed by atoms with Gasteiger partial charge in [-0.3, -0.25) is 0 Å². The van der Waals surface area contributed by atoms with Gasteiger partial charge in [0.25, 0.3) is 0 Å². The summed E-state index contributed by atoms with van der Waals surface area (Å²) in [6.45, 7) is 10.5. The molecular formula is C31H49NO3S. The number of fused-ring (bicyclic) bond motifs is 5. The Morgan fingerprint density at radius 2 is 1.89 bits per heavy atom. The Morgan fingerprint density at radius 3 is 2.69 bits per heavy atom. The zero-order valence-electron chi connectivity index (χ0n) is 22.8. The second kappa shape index (κ2) is 10.2. The van der Waals surface area contributed by atoms with Gasteiger partial charge < -0.3 is 19.2 Å². The van der Waals surface area contributed by atoms with Crippen LogP contribution in [-0.4, -0.2) is 59.5 Å². The molecule has 36 heavy (non-hydrogen) atoms. The maximum Gasteiger partial charge on any atom is 0.0937 e. The van der Waals surface area contributed by atoms with Crippen molar-refractivity contribution < 1.29 is 14.3 Å². The third-order valence-electron chi connectivity index (χ3n) is 12.1. The highest BCUT2D eigenvalue weighted by atomic mass is 32.2. The average molecular weight is 516 g/mol. The van der Waals surface area contributed by atoms with Crippen LogP contribution in [0.25, 0.3) is 0 Å². The zero-order valence-corrected chi connectivity index (χ0v) is 23.6. The van der Waals surface area contributed by atoms with Gasteiger partial charge in [-0.2, -0.15) is 11.8 Å². The fourth-order valence-corrected chi connectivity index (χ4v) is 11.1. The van der Waals surface area contributed by atoms with E-state index in [1.807, 2.05) is 12.5 Å². The van der Waals surface area contributed by atoms with Gasteiger partial charge in [-0.05, 0) is 124 Å². The molecule has 1 aromatic rings. The molecule has 0 radical (unpaired) electrons. The quantitative estimate of drug-likeness (QED) is 0.389. The number of furan rings is 1. The van der Waals surface area contributed by atoms with Crippen LogP contribution in [0.5, 0.6) is 0 Å². The molecule has 6 rings (SSSR count). The summed E-state index contributed by atoms with van der Waals surface area (Å²) in [5, 5.41) is 13.2. The van der Waals surface area contributed by atoms with Crippen molar-refractivity contribution >= 4 is 11.8 Å². The number of ether oxygens (including phenoxy) is 1. The highest BCUT2D eigenvalue weighted by Crippen LogP contribution is 2.70. The predicted octanol–water partition coefficient (Wildman–Crippen LogP) is 6.74. The minimum atomic E-state index is -0.510. The van der Waals surface area contributed by atoms with E-state index < -0.39 is 5.60 Å². The topological polar surface area (TPSA) is 45.8 Å². The van der Waals surface area contributed by atoms with Crippen LogP contribution in [-0.2, 0) is 4.74 Å². The first-order chi connectivity index (χ1) is 17.4. The van der Waals surface area contributed by atoms with Crippen molar-refractivity contribution in [2.75, 3.05) is 38.6 Å². The van der Waals surface area contributed by atoms with E-state index in [4.69, 9.17) is 9.15 Å². The van der Waals surface area contributed by atoms with Crippen LogP contribution in [0.1, 0.15) is 96.0 Å². The van der Waals surface area contributed by atoms with Crippen molar-refractivity contribution in [3.05, 3.63) is 24.2 Å². The van der Waals surface area contributed by atoms with Gasteiger partial charge in [-0.1, -0.05) is 13.8 Å². The van der Waals surface area contributed by atoms with Crippen LogP contribution in [0.2, 0.25) is 0 Å². The van der Waals surface area contributed by atoms with Crippen molar-refractivity contribution in [1.29, 1.82) is 0 Å². The molecule has 4 nitrogen and oxygen atoms in total. The molecule has 3 unspecified atom stereocenters. The Bertz CT molecular complexity index is 871. The molecule has 5 heteroatoms. The Labute approximate surface area is 223 Å². The summed E-state index contributed by atoms with van der Waals surface area (Å²) < 4.78 is 11.4. The maximum atomic E-state index is 12.4. The molecule has 1 N–H and O–H groups in total. The monoisotopic (exact) mass is 515 g/mol. The summed E-state index contributed by atoms with van der Waals surface area (Å²) in [6, 6.07) is 2.14. The lowest BCUT2D eigenvalue weighted by Crippen LogP contribution is -2.61. The van der Waals surface area contributed by atoms with Crippen molar-refractivity contribution in [3.8, 4) is 0 Å². The van der Waals surface area contributed by atoms with Crippen molar-refractivity contribution in [3.63, 3.8) is 0 Å². The van der Waals surface area contributed by atoms with Gasteiger partial charge in [-0.15, -0.1) is 0 Å². The fraction of sp³-hybridized carbons (Fsp3) is 0.871. The lowest BCUT2D eigenvalue weighted by molar-refractivity contribution is -0.200. The zero-order chi connectivity index (χ0) is 24.8. The van der Waals surface area contributed by atoms with E-state index >= 15 is 0 Å². The molecule has 0 aromatic carbocycles. The number of aliphatic hydroxyl groups is 1.